The highest BCUT2D eigenvalue weighted by molar-refractivity contribution is 9.10. The molecular formula is C11H9BrClNO2. The average Bonchev–Trinajstić information content (AvgIpc) is 2.54. The summed E-state index contributed by atoms with van der Waals surface area (Å²) in [5, 5.41) is 2.72. The number of hydrogen-bond acceptors (Lipinski definition) is 2. The van der Waals surface area contributed by atoms with Gasteiger partial charge in [-0.2, -0.15) is 0 Å². The van der Waals surface area contributed by atoms with Gasteiger partial charge in [0.15, 0.2) is 5.78 Å². The highest BCUT2D eigenvalue weighted by Crippen LogP contribution is 2.37. The highest BCUT2D eigenvalue weighted by Gasteiger charge is 2.30. The Morgan fingerprint density at radius 3 is 2.88 bits per heavy atom. The Labute approximate surface area is 106 Å². The van der Waals surface area contributed by atoms with Crippen molar-refractivity contribution in [3.05, 3.63) is 27.7 Å². The van der Waals surface area contributed by atoms with Gasteiger partial charge in [0.1, 0.15) is 0 Å². The topological polar surface area (TPSA) is 46.2 Å². The van der Waals surface area contributed by atoms with Crippen LogP contribution >= 0.6 is 27.5 Å². The van der Waals surface area contributed by atoms with Crippen molar-refractivity contribution in [1.82, 2.24) is 0 Å². The molecule has 16 heavy (non-hydrogen) atoms. The lowest BCUT2D eigenvalue weighted by Crippen LogP contribution is -2.10. The molecule has 0 spiro atoms. The number of amides is 1. The van der Waals surface area contributed by atoms with E-state index in [-0.39, 0.29) is 23.5 Å². The lowest BCUT2D eigenvalue weighted by Gasteiger charge is -2.07. The van der Waals surface area contributed by atoms with Gasteiger partial charge in [0.05, 0.1) is 17.5 Å². The first-order valence-electron chi connectivity index (χ1n) is 4.78. The summed E-state index contributed by atoms with van der Waals surface area (Å²) in [5.41, 5.74) is 1.91. The van der Waals surface area contributed by atoms with E-state index in [4.69, 9.17) is 11.6 Å². The Hall–Kier alpha value is -0.870. The van der Waals surface area contributed by atoms with Crippen molar-refractivity contribution in [3.8, 4) is 0 Å². The number of alkyl halides is 1. The molecule has 2 rings (SSSR count). The van der Waals surface area contributed by atoms with Gasteiger partial charge in [-0.3, -0.25) is 9.59 Å². The van der Waals surface area contributed by atoms with E-state index in [0.29, 0.717) is 11.3 Å². The second kappa shape index (κ2) is 4.18. The van der Waals surface area contributed by atoms with Crippen molar-refractivity contribution in [3.63, 3.8) is 0 Å². The standard InChI is InChI=1S/C11H9BrClNO2/c1-5-7-2-6(12)3-8(9(15)4-13)10(7)14-11(5)16/h2-3,5H,4H2,1H3,(H,14,16). The van der Waals surface area contributed by atoms with E-state index in [1.165, 1.54) is 0 Å². The SMILES string of the molecule is CC1C(=O)Nc2c(C(=O)CCl)cc(Br)cc21. The van der Waals surface area contributed by atoms with Crippen LogP contribution in [0.25, 0.3) is 0 Å². The van der Waals surface area contributed by atoms with Crippen LogP contribution in [0, 0.1) is 0 Å². The molecule has 1 atom stereocenters. The van der Waals surface area contributed by atoms with Gasteiger partial charge in [0.25, 0.3) is 0 Å². The third-order valence-corrected chi connectivity index (χ3v) is 3.36. The maximum absolute atomic E-state index is 11.6. The number of ketones is 1. The second-order valence-corrected chi connectivity index (χ2v) is 4.87. The predicted octanol–water partition coefficient (Wildman–Crippen LogP) is 2.93. The minimum absolute atomic E-state index is 0.0864. The number of rotatable bonds is 2. The number of carbonyl (C=O) groups excluding carboxylic acids is 2. The maximum atomic E-state index is 11.6. The van der Waals surface area contributed by atoms with Gasteiger partial charge in [-0.1, -0.05) is 15.9 Å². The lowest BCUT2D eigenvalue weighted by molar-refractivity contribution is -0.116. The fourth-order valence-corrected chi connectivity index (χ4v) is 2.39. The van der Waals surface area contributed by atoms with Crippen LogP contribution in [0.4, 0.5) is 5.69 Å². The fourth-order valence-electron chi connectivity index (χ4n) is 1.77. The largest absolute Gasteiger partial charge is 0.325 e. The van der Waals surface area contributed by atoms with Crippen LogP contribution in [0.5, 0.6) is 0 Å². The average molecular weight is 303 g/mol. The quantitative estimate of drug-likeness (QED) is 0.674. The van der Waals surface area contributed by atoms with Gasteiger partial charge >= 0.3 is 0 Å². The molecule has 5 heteroatoms. The summed E-state index contributed by atoms with van der Waals surface area (Å²) >= 11 is 8.86. The summed E-state index contributed by atoms with van der Waals surface area (Å²) in [4.78, 5) is 23.2. The molecule has 0 radical (unpaired) electrons. The molecule has 3 nitrogen and oxygen atoms in total. The molecule has 1 aromatic rings. The first kappa shape index (κ1) is 11.6. The number of halogens is 2. The number of anilines is 1. The van der Waals surface area contributed by atoms with Crippen molar-refractivity contribution >= 4 is 44.9 Å². The molecule has 0 aromatic heterocycles. The smallest absolute Gasteiger partial charge is 0.231 e. The van der Waals surface area contributed by atoms with E-state index < -0.39 is 0 Å². The zero-order valence-corrected chi connectivity index (χ0v) is 10.9. The van der Waals surface area contributed by atoms with Gasteiger partial charge < -0.3 is 5.32 Å². The summed E-state index contributed by atoms with van der Waals surface area (Å²) in [6.07, 6.45) is 0. The summed E-state index contributed by atoms with van der Waals surface area (Å²) in [6, 6.07) is 3.53. The first-order valence-corrected chi connectivity index (χ1v) is 6.10. The van der Waals surface area contributed by atoms with E-state index in [0.717, 1.165) is 10.0 Å². The molecule has 0 saturated heterocycles. The molecule has 0 bridgehead atoms. The molecular weight excluding hydrogens is 293 g/mol. The molecule has 1 amide bonds. The normalized spacial score (nSPS) is 18.2. The van der Waals surface area contributed by atoms with Crippen LogP contribution in [0.15, 0.2) is 16.6 Å². The van der Waals surface area contributed by atoms with Crippen LogP contribution in [0.2, 0.25) is 0 Å². The van der Waals surface area contributed by atoms with Crippen LogP contribution in [-0.4, -0.2) is 17.6 Å². The van der Waals surface area contributed by atoms with Crippen LogP contribution < -0.4 is 5.32 Å². The van der Waals surface area contributed by atoms with Gasteiger partial charge in [-0.25, -0.2) is 0 Å². The number of carbonyl (C=O) groups is 2. The highest BCUT2D eigenvalue weighted by atomic mass is 79.9. The zero-order valence-electron chi connectivity index (χ0n) is 8.51. The predicted molar refractivity (Wildman–Crippen MR) is 66.2 cm³/mol. The minimum Gasteiger partial charge on any atom is -0.325 e. The van der Waals surface area contributed by atoms with E-state index >= 15 is 0 Å². The van der Waals surface area contributed by atoms with Crippen molar-refractivity contribution in [2.45, 2.75) is 12.8 Å². The third kappa shape index (κ3) is 1.76. The minimum atomic E-state index is -0.227. The van der Waals surface area contributed by atoms with Crippen molar-refractivity contribution in [1.29, 1.82) is 0 Å². The lowest BCUT2D eigenvalue weighted by atomic mass is 9.99. The first-order chi connectivity index (χ1) is 7.54. The Kier molecular flexibility index (Phi) is 3.04. The van der Waals surface area contributed by atoms with E-state index in [1.54, 1.807) is 6.07 Å². The van der Waals surface area contributed by atoms with Crippen molar-refractivity contribution in [2.24, 2.45) is 0 Å². The van der Waals surface area contributed by atoms with E-state index in [2.05, 4.69) is 21.2 Å². The Morgan fingerprint density at radius 1 is 1.56 bits per heavy atom. The molecule has 0 saturated carbocycles. The van der Waals surface area contributed by atoms with E-state index in [1.807, 2.05) is 13.0 Å². The molecule has 0 fully saturated rings. The number of Topliss-reactive ketones (excluding diaryl/α,β-unsaturated/α-hetero) is 1. The molecule has 1 N–H and O–H groups in total. The number of nitrogens with one attached hydrogen (secondary N) is 1. The van der Waals surface area contributed by atoms with Gasteiger partial charge in [-0.05, 0) is 24.6 Å². The molecule has 1 unspecified atom stereocenters. The number of hydrogen-bond donors (Lipinski definition) is 1. The van der Waals surface area contributed by atoms with Gasteiger partial charge in [0.2, 0.25) is 5.91 Å². The monoisotopic (exact) mass is 301 g/mol. The van der Waals surface area contributed by atoms with Crippen LogP contribution in [0.1, 0.15) is 28.8 Å². The maximum Gasteiger partial charge on any atom is 0.231 e. The van der Waals surface area contributed by atoms with Crippen LogP contribution in [-0.2, 0) is 4.79 Å². The fraction of sp³-hybridized carbons (Fsp3) is 0.273. The van der Waals surface area contributed by atoms with E-state index in [9.17, 15) is 9.59 Å². The number of fused-ring (bicyclic) bond motifs is 1. The molecule has 1 aliphatic rings. The van der Waals surface area contributed by atoms with Crippen molar-refractivity contribution in [2.75, 3.05) is 11.2 Å². The Balaban J connectivity index is 2.61. The summed E-state index contributed by atoms with van der Waals surface area (Å²) in [7, 11) is 0. The summed E-state index contributed by atoms with van der Waals surface area (Å²) in [5.74, 6) is -0.590. The van der Waals surface area contributed by atoms with Crippen LogP contribution in [0.3, 0.4) is 0 Å². The van der Waals surface area contributed by atoms with Gasteiger partial charge in [0, 0.05) is 10.0 Å². The molecule has 1 aliphatic heterocycles. The van der Waals surface area contributed by atoms with Gasteiger partial charge in [-0.15, -0.1) is 11.6 Å². The molecule has 1 aromatic carbocycles. The molecule has 1 heterocycles. The molecule has 0 aliphatic carbocycles. The third-order valence-electron chi connectivity index (χ3n) is 2.66. The molecule has 84 valence electrons. The summed E-state index contributed by atoms with van der Waals surface area (Å²) in [6.45, 7) is 1.81. The zero-order chi connectivity index (χ0) is 11.9. The second-order valence-electron chi connectivity index (χ2n) is 3.69. The number of benzene rings is 1. The van der Waals surface area contributed by atoms with Crippen molar-refractivity contribution < 1.29 is 9.59 Å². The Bertz CT molecular complexity index is 487. The Morgan fingerprint density at radius 2 is 2.25 bits per heavy atom. The summed E-state index contributed by atoms with van der Waals surface area (Å²) < 4.78 is 0.781.